The van der Waals surface area contributed by atoms with E-state index in [1.54, 1.807) is 41.7 Å². The van der Waals surface area contributed by atoms with Crippen LogP contribution in [0.25, 0.3) is 10.2 Å². The maximum Gasteiger partial charge on any atom is 0.321 e. The molecule has 0 saturated heterocycles. The summed E-state index contributed by atoms with van der Waals surface area (Å²) in [6.07, 6.45) is 0.155. The normalized spacial score (nSPS) is 11.6. The van der Waals surface area contributed by atoms with Crippen LogP contribution in [0.15, 0.2) is 54.6 Å². The predicted molar refractivity (Wildman–Crippen MR) is 110 cm³/mol. The third kappa shape index (κ3) is 5.61. The SMILES string of the molecule is CNC(=O)NC(=O)C(OC(=O)CCCc1nc2ccccc2s1)c1ccccc1. The molecule has 1 atom stereocenters. The van der Waals surface area contributed by atoms with E-state index in [1.807, 2.05) is 24.3 Å². The Morgan fingerprint density at radius 3 is 2.52 bits per heavy atom. The van der Waals surface area contributed by atoms with E-state index in [-0.39, 0.29) is 6.42 Å². The van der Waals surface area contributed by atoms with Crippen molar-refractivity contribution in [3.8, 4) is 0 Å². The van der Waals surface area contributed by atoms with Crippen molar-refractivity contribution < 1.29 is 19.1 Å². The van der Waals surface area contributed by atoms with Crippen LogP contribution in [-0.2, 0) is 20.7 Å². The van der Waals surface area contributed by atoms with E-state index >= 15 is 0 Å². The van der Waals surface area contributed by atoms with Gasteiger partial charge in [0.2, 0.25) is 6.10 Å². The number of fused-ring (bicyclic) bond motifs is 1. The largest absolute Gasteiger partial charge is 0.447 e. The van der Waals surface area contributed by atoms with Crippen LogP contribution in [0.1, 0.15) is 29.5 Å². The van der Waals surface area contributed by atoms with Gasteiger partial charge in [-0.1, -0.05) is 42.5 Å². The third-order valence-corrected chi connectivity index (χ3v) is 5.26. The molecule has 0 saturated carbocycles. The average molecular weight is 411 g/mol. The number of urea groups is 1. The van der Waals surface area contributed by atoms with Crippen LogP contribution in [0.3, 0.4) is 0 Å². The third-order valence-electron chi connectivity index (χ3n) is 4.16. The number of carbonyl (C=O) groups excluding carboxylic acids is 3. The summed E-state index contributed by atoms with van der Waals surface area (Å²) < 4.78 is 6.50. The minimum absolute atomic E-state index is 0.145. The molecule has 3 rings (SSSR count). The van der Waals surface area contributed by atoms with E-state index in [1.165, 1.54) is 7.05 Å². The number of hydrogen-bond acceptors (Lipinski definition) is 6. The lowest BCUT2D eigenvalue weighted by Gasteiger charge is -2.17. The van der Waals surface area contributed by atoms with Crippen LogP contribution >= 0.6 is 11.3 Å². The van der Waals surface area contributed by atoms with Crippen molar-refractivity contribution in [3.05, 3.63) is 65.2 Å². The summed E-state index contributed by atoms with van der Waals surface area (Å²) in [6.45, 7) is 0. The van der Waals surface area contributed by atoms with Crippen LogP contribution in [0.2, 0.25) is 0 Å². The van der Waals surface area contributed by atoms with Crippen LogP contribution in [0.5, 0.6) is 0 Å². The van der Waals surface area contributed by atoms with Gasteiger partial charge in [-0.3, -0.25) is 14.9 Å². The van der Waals surface area contributed by atoms with E-state index < -0.39 is 24.0 Å². The summed E-state index contributed by atoms with van der Waals surface area (Å²) in [5.41, 5.74) is 1.44. The lowest BCUT2D eigenvalue weighted by Crippen LogP contribution is -2.41. The van der Waals surface area contributed by atoms with Crippen molar-refractivity contribution in [3.63, 3.8) is 0 Å². The van der Waals surface area contributed by atoms with Crippen molar-refractivity contribution >= 4 is 39.5 Å². The van der Waals surface area contributed by atoms with Crippen molar-refractivity contribution in [2.75, 3.05) is 7.05 Å². The molecule has 3 amide bonds. The molecule has 0 aliphatic rings. The maximum absolute atomic E-state index is 12.4. The lowest BCUT2D eigenvalue weighted by molar-refractivity contribution is -0.156. The highest BCUT2D eigenvalue weighted by molar-refractivity contribution is 7.18. The van der Waals surface area contributed by atoms with Crippen LogP contribution < -0.4 is 10.6 Å². The summed E-state index contributed by atoms with van der Waals surface area (Å²) in [6, 6.07) is 15.8. The highest BCUT2D eigenvalue weighted by atomic mass is 32.1. The highest BCUT2D eigenvalue weighted by Crippen LogP contribution is 2.23. The quantitative estimate of drug-likeness (QED) is 0.581. The second-order valence-corrected chi connectivity index (χ2v) is 7.39. The number of aromatic nitrogens is 1. The van der Waals surface area contributed by atoms with E-state index in [9.17, 15) is 14.4 Å². The number of para-hydroxylation sites is 1. The first-order valence-electron chi connectivity index (χ1n) is 9.18. The zero-order valence-electron chi connectivity index (χ0n) is 15.9. The molecular formula is C21H21N3O4S. The second kappa shape index (κ2) is 9.79. The summed E-state index contributed by atoms with van der Waals surface area (Å²) >= 11 is 1.60. The first-order valence-corrected chi connectivity index (χ1v) is 10.00. The molecule has 7 nitrogen and oxygen atoms in total. The smallest absolute Gasteiger partial charge is 0.321 e. The number of ether oxygens (including phenoxy) is 1. The predicted octanol–water partition coefficient (Wildman–Crippen LogP) is 3.36. The molecule has 3 aromatic rings. The Hall–Kier alpha value is -3.26. The molecule has 8 heteroatoms. The lowest BCUT2D eigenvalue weighted by atomic mass is 10.1. The number of imide groups is 1. The minimum Gasteiger partial charge on any atom is -0.447 e. The number of amides is 3. The van der Waals surface area contributed by atoms with Crippen molar-refractivity contribution in [2.45, 2.75) is 25.4 Å². The van der Waals surface area contributed by atoms with E-state index in [4.69, 9.17) is 4.74 Å². The topological polar surface area (TPSA) is 97.4 Å². The van der Waals surface area contributed by atoms with Gasteiger partial charge in [-0.15, -0.1) is 11.3 Å². The zero-order chi connectivity index (χ0) is 20.6. The minimum atomic E-state index is -1.19. The molecular weight excluding hydrogens is 390 g/mol. The number of rotatable bonds is 7. The van der Waals surface area contributed by atoms with Gasteiger partial charge in [0, 0.05) is 19.0 Å². The fraction of sp³-hybridized carbons (Fsp3) is 0.238. The van der Waals surface area contributed by atoms with Crippen LogP contribution in [0, 0.1) is 0 Å². The molecule has 0 aliphatic heterocycles. The fourth-order valence-electron chi connectivity index (χ4n) is 2.74. The number of aryl methyl sites for hydroxylation is 1. The van der Waals surface area contributed by atoms with Gasteiger partial charge in [0.25, 0.3) is 5.91 Å². The molecule has 0 fully saturated rings. The summed E-state index contributed by atoms with van der Waals surface area (Å²) in [5.74, 6) is -1.21. The molecule has 150 valence electrons. The molecule has 0 spiro atoms. The van der Waals surface area contributed by atoms with Gasteiger partial charge in [-0.2, -0.15) is 0 Å². The molecule has 1 heterocycles. The Balaban J connectivity index is 1.58. The first-order chi connectivity index (χ1) is 14.1. The summed E-state index contributed by atoms with van der Waals surface area (Å²) in [5, 5.41) is 5.41. The molecule has 1 aromatic heterocycles. The van der Waals surface area contributed by atoms with Gasteiger partial charge < -0.3 is 10.1 Å². The second-order valence-electron chi connectivity index (χ2n) is 6.28. The number of esters is 1. The van der Waals surface area contributed by atoms with Gasteiger partial charge in [0.1, 0.15) is 0 Å². The molecule has 2 aromatic carbocycles. The molecule has 0 aliphatic carbocycles. The Kier molecular flexibility index (Phi) is 6.91. The van der Waals surface area contributed by atoms with Gasteiger partial charge in [0.05, 0.1) is 15.2 Å². The highest BCUT2D eigenvalue weighted by Gasteiger charge is 2.26. The van der Waals surface area contributed by atoms with E-state index in [2.05, 4.69) is 15.6 Å². The van der Waals surface area contributed by atoms with Crippen molar-refractivity contribution in [1.29, 1.82) is 0 Å². The van der Waals surface area contributed by atoms with Gasteiger partial charge in [-0.25, -0.2) is 9.78 Å². The molecule has 2 N–H and O–H groups in total. The number of carbonyl (C=O) groups is 3. The number of benzene rings is 2. The number of nitrogens with zero attached hydrogens (tertiary/aromatic N) is 1. The Bertz CT molecular complexity index is 970. The molecule has 1 unspecified atom stereocenters. The van der Waals surface area contributed by atoms with E-state index in [0.717, 1.165) is 15.2 Å². The number of hydrogen-bond donors (Lipinski definition) is 2. The Labute approximate surface area is 172 Å². The summed E-state index contributed by atoms with van der Waals surface area (Å²) in [4.78, 5) is 40.7. The van der Waals surface area contributed by atoms with Crippen LogP contribution in [0.4, 0.5) is 4.79 Å². The summed E-state index contributed by atoms with van der Waals surface area (Å²) in [7, 11) is 1.40. The monoisotopic (exact) mass is 411 g/mol. The Morgan fingerprint density at radius 1 is 1.07 bits per heavy atom. The van der Waals surface area contributed by atoms with Crippen molar-refractivity contribution in [2.24, 2.45) is 0 Å². The fourth-order valence-corrected chi connectivity index (χ4v) is 3.75. The van der Waals surface area contributed by atoms with Crippen LogP contribution in [-0.4, -0.2) is 29.9 Å². The standard InChI is InChI=1S/C21H21N3O4S/c1-22-21(27)24-20(26)19(14-8-3-2-4-9-14)28-18(25)13-7-12-17-23-15-10-5-6-11-16(15)29-17/h2-6,8-11,19H,7,12-13H2,1H3,(H2,22,24,26,27). The van der Waals surface area contributed by atoms with E-state index in [0.29, 0.717) is 18.4 Å². The molecule has 0 radical (unpaired) electrons. The van der Waals surface area contributed by atoms with Gasteiger partial charge in [0.15, 0.2) is 0 Å². The zero-order valence-corrected chi connectivity index (χ0v) is 16.7. The number of thiazole rings is 1. The maximum atomic E-state index is 12.4. The molecule has 29 heavy (non-hydrogen) atoms. The first kappa shape index (κ1) is 20.5. The van der Waals surface area contributed by atoms with Crippen molar-refractivity contribution in [1.82, 2.24) is 15.6 Å². The Morgan fingerprint density at radius 2 is 1.79 bits per heavy atom. The van der Waals surface area contributed by atoms with Gasteiger partial charge >= 0.3 is 12.0 Å². The molecule has 0 bridgehead atoms. The van der Waals surface area contributed by atoms with Gasteiger partial charge in [-0.05, 0) is 25.0 Å². The number of nitrogens with one attached hydrogen (secondary N) is 2. The average Bonchev–Trinajstić information content (AvgIpc) is 3.15.